The van der Waals surface area contributed by atoms with Crippen molar-refractivity contribution in [2.45, 2.75) is 19.4 Å². The number of carboxylic acids is 1. The number of hydrogen-bond donors (Lipinski definition) is 2. The van der Waals surface area contributed by atoms with Crippen LogP contribution in [0.4, 0.5) is 0 Å². The number of pyridine rings is 1. The second kappa shape index (κ2) is 4.72. The van der Waals surface area contributed by atoms with Gasteiger partial charge in [0.05, 0.1) is 11.6 Å². The molecule has 0 radical (unpaired) electrons. The normalized spacial score (nSPS) is 14.7. The maximum absolute atomic E-state index is 10.8. The number of carboxylic acid groups (broad SMARTS) is 1. The Balaban J connectivity index is 2.83. The first kappa shape index (κ1) is 10.7. The number of aliphatic hydroxyl groups excluding tert-OH is 1. The predicted octanol–water partition coefficient (Wildman–Crippen LogP) is 1.23. The quantitative estimate of drug-likeness (QED) is 0.758. The standard InChI is InChI=1S/C10H13NO3/c1-2-7(10(13)14)9(12)8-5-3-4-6-11-8/h3-7,9,12H,2H2,1H3,(H,13,14). The van der Waals surface area contributed by atoms with Gasteiger partial charge in [-0.2, -0.15) is 0 Å². The van der Waals surface area contributed by atoms with E-state index in [9.17, 15) is 9.90 Å². The first-order valence-corrected chi connectivity index (χ1v) is 4.48. The second-order valence-electron chi connectivity index (χ2n) is 3.05. The monoisotopic (exact) mass is 195 g/mol. The number of aliphatic hydroxyl groups is 1. The van der Waals surface area contributed by atoms with E-state index in [1.165, 1.54) is 6.20 Å². The van der Waals surface area contributed by atoms with Crippen LogP contribution >= 0.6 is 0 Å². The van der Waals surface area contributed by atoms with E-state index in [1.807, 2.05) is 0 Å². The van der Waals surface area contributed by atoms with Crippen LogP contribution in [0.5, 0.6) is 0 Å². The lowest BCUT2D eigenvalue weighted by Crippen LogP contribution is -2.21. The van der Waals surface area contributed by atoms with E-state index in [4.69, 9.17) is 5.11 Å². The Morgan fingerprint density at radius 2 is 2.29 bits per heavy atom. The minimum Gasteiger partial charge on any atom is -0.481 e. The van der Waals surface area contributed by atoms with Crippen molar-refractivity contribution in [1.29, 1.82) is 0 Å². The molecule has 1 rings (SSSR count). The average Bonchev–Trinajstić information content (AvgIpc) is 2.19. The summed E-state index contributed by atoms with van der Waals surface area (Å²) in [6, 6.07) is 5.06. The first-order chi connectivity index (χ1) is 6.66. The number of rotatable bonds is 4. The summed E-state index contributed by atoms with van der Waals surface area (Å²) in [6.07, 6.45) is 0.888. The van der Waals surface area contributed by atoms with Gasteiger partial charge in [-0.05, 0) is 18.6 Å². The van der Waals surface area contributed by atoms with E-state index in [-0.39, 0.29) is 0 Å². The van der Waals surface area contributed by atoms with E-state index in [0.717, 1.165) is 0 Å². The molecule has 0 bridgehead atoms. The van der Waals surface area contributed by atoms with Gasteiger partial charge < -0.3 is 10.2 Å². The number of carbonyl (C=O) groups is 1. The van der Waals surface area contributed by atoms with Crippen molar-refractivity contribution < 1.29 is 15.0 Å². The van der Waals surface area contributed by atoms with Gasteiger partial charge in [0, 0.05) is 6.20 Å². The molecule has 4 heteroatoms. The Labute approximate surface area is 82.2 Å². The molecular weight excluding hydrogens is 182 g/mol. The van der Waals surface area contributed by atoms with Crippen molar-refractivity contribution in [2.75, 3.05) is 0 Å². The molecule has 2 unspecified atom stereocenters. The molecule has 0 aliphatic carbocycles. The molecule has 1 aromatic heterocycles. The zero-order chi connectivity index (χ0) is 10.6. The Morgan fingerprint density at radius 1 is 1.57 bits per heavy atom. The summed E-state index contributed by atoms with van der Waals surface area (Å²) < 4.78 is 0. The highest BCUT2D eigenvalue weighted by Gasteiger charge is 2.26. The van der Waals surface area contributed by atoms with Crippen LogP contribution in [0.25, 0.3) is 0 Å². The molecule has 0 fully saturated rings. The fourth-order valence-electron chi connectivity index (χ4n) is 1.29. The molecule has 4 nitrogen and oxygen atoms in total. The molecule has 0 amide bonds. The van der Waals surface area contributed by atoms with Crippen molar-refractivity contribution in [2.24, 2.45) is 5.92 Å². The molecular formula is C10H13NO3. The summed E-state index contributed by atoms with van der Waals surface area (Å²) >= 11 is 0. The van der Waals surface area contributed by atoms with E-state index in [2.05, 4.69) is 4.98 Å². The molecule has 2 atom stereocenters. The zero-order valence-corrected chi connectivity index (χ0v) is 7.92. The summed E-state index contributed by atoms with van der Waals surface area (Å²) in [4.78, 5) is 14.7. The van der Waals surface area contributed by atoms with Gasteiger partial charge >= 0.3 is 5.97 Å². The van der Waals surface area contributed by atoms with E-state index < -0.39 is 18.0 Å². The van der Waals surface area contributed by atoms with Crippen molar-refractivity contribution in [3.05, 3.63) is 30.1 Å². The van der Waals surface area contributed by atoms with Crippen molar-refractivity contribution in [1.82, 2.24) is 4.98 Å². The van der Waals surface area contributed by atoms with E-state index in [1.54, 1.807) is 25.1 Å². The molecule has 0 aromatic carbocycles. The Morgan fingerprint density at radius 3 is 2.71 bits per heavy atom. The van der Waals surface area contributed by atoms with Gasteiger partial charge in [0.15, 0.2) is 0 Å². The number of aromatic nitrogens is 1. The number of hydrogen-bond acceptors (Lipinski definition) is 3. The van der Waals surface area contributed by atoms with Gasteiger partial charge in [0.1, 0.15) is 6.10 Å². The lowest BCUT2D eigenvalue weighted by molar-refractivity contribution is -0.146. The molecule has 0 saturated heterocycles. The van der Waals surface area contributed by atoms with Gasteiger partial charge in [0.25, 0.3) is 0 Å². The highest BCUT2D eigenvalue weighted by Crippen LogP contribution is 2.22. The third kappa shape index (κ3) is 2.29. The lowest BCUT2D eigenvalue weighted by atomic mass is 9.97. The summed E-state index contributed by atoms with van der Waals surface area (Å²) in [6.45, 7) is 1.73. The summed E-state index contributed by atoms with van der Waals surface area (Å²) in [5.41, 5.74) is 0.404. The van der Waals surface area contributed by atoms with Crippen LogP contribution in [-0.4, -0.2) is 21.2 Å². The predicted molar refractivity (Wildman–Crippen MR) is 50.6 cm³/mol. The Bertz CT molecular complexity index is 299. The van der Waals surface area contributed by atoms with Crippen molar-refractivity contribution in [3.63, 3.8) is 0 Å². The summed E-state index contributed by atoms with van der Waals surface area (Å²) in [5.74, 6) is -1.78. The van der Waals surface area contributed by atoms with E-state index in [0.29, 0.717) is 12.1 Å². The second-order valence-corrected chi connectivity index (χ2v) is 3.05. The highest BCUT2D eigenvalue weighted by molar-refractivity contribution is 5.70. The highest BCUT2D eigenvalue weighted by atomic mass is 16.4. The summed E-state index contributed by atoms with van der Waals surface area (Å²) in [7, 11) is 0. The van der Waals surface area contributed by atoms with Gasteiger partial charge in [-0.25, -0.2) is 0 Å². The van der Waals surface area contributed by atoms with Gasteiger partial charge in [-0.1, -0.05) is 13.0 Å². The number of nitrogens with zero attached hydrogens (tertiary/aromatic N) is 1. The molecule has 0 aliphatic heterocycles. The van der Waals surface area contributed by atoms with Gasteiger partial charge in [0.2, 0.25) is 0 Å². The SMILES string of the molecule is CCC(C(=O)O)C(O)c1ccccn1. The maximum atomic E-state index is 10.8. The largest absolute Gasteiger partial charge is 0.481 e. The van der Waals surface area contributed by atoms with Gasteiger partial charge in [-0.15, -0.1) is 0 Å². The molecule has 76 valence electrons. The van der Waals surface area contributed by atoms with Crippen LogP contribution in [0.15, 0.2) is 24.4 Å². The molecule has 0 spiro atoms. The first-order valence-electron chi connectivity index (χ1n) is 4.48. The molecule has 2 N–H and O–H groups in total. The molecule has 1 heterocycles. The van der Waals surface area contributed by atoms with Crippen molar-refractivity contribution >= 4 is 5.97 Å². The Kier molecular flexibility index (Phi) is 3.59. The Hall–Kier alpha value is -1.42. The molecule has 14 heavy (non-hydrogen) atoms. The fraction of sp³-hybridized carbons (Fsp3) is 0.400. The van der Waals surface area contributed by atoms with E-state index >= 15 is 0 Å². The fourth-order valence-corrected chi connectivity index (χ4v) is 1.29. The van der Waals surface area contributed by atoms with Crippen LogP contribution < -0.4 is 0 Å². The molecule has 0 saturated carbocycles. The zero-order valence-electron chi connectivity index (χ0n) is 7.92. The third-order valence-corrected chi connectivity index (χ3v) is 2.13. The number of aliphatic carboxylic acids is 1. The van der Waals surface area contributed by atoms with Crippen molar-refractivity contribution in [3.8, 4) is 0 Å². The lowest BCUT2D eigenvalue weighted by Gasteiger charge is -2.16. The third-order valence-electron chi connectivity index (χ3n) is 2.13. The van der Waals surface area contributed by atoms with Crippen LogP contribution in [0, 0.1) is 5.92 Å². The minimum absolute atomic E-state index is 0.382. The average molecular weight is 195 g/mol. The summed E-state index contributed by atoms with van der Waals surface area (Å²) in [5, 5.41) is 18.5. The van der Waals surface area contributed by atoms with Crippen LogP contribution in [0.1, 0.15) is 25.1 Å². The molecule has 1 aromatic rings. The topological polar surface area (TPSA) is 70.4 Å². The minimum atomic E-state index is -1.03. The smallest absolute Gasteiger partial charge is 0.309 e. The van der Waals surface area contributed by atoms with Crippen LogP contribution in [0.3, 0.4) is 0 Å². The van der Waals surface area contributed by atoms with Gasteiger partial charge in [-0.3, -0.25) is 9.78 Å². The molecule has 0 aliphatic rings. The van der Waals surface area contributed by atoms with Crippen LogP contribution in [-0.2, 0) is 4.79 Å². The maximum Gasteiger partial charge on any atom is 0.309 e. The van der Waals surface area contributed by atoms with Crippen LogP contribution in [0.2, 0.25) is 0 Å².